The van der Waals surface area contributed by atoms with Crippen molar-refractivity contribution in [3.63, 3.8) is 0 Å². The van der Waals surface area contributed by atoms with E-state index in [-0.39, 0.29) is 5.91 Å². The van der Waals surface area contributed by atoms with Crippen molar-refractivity contribution >= 4 is 17.5 Å². The molecule has 0 aromatic heterocycles. The summed E-state index contributed by atoms with van der Waals surface area (Å²) in [5, 5.41) is 10.8. The van der Waals surface area contributed by atoms with Gasteiger partial charge >= 0.3 is 0 Å². The van der Waals surface area contributed by atoms with Gasteiger partial charge in [-0.05, 0) is 6.07 Å². The van der Waals surface area contributed by atoms with E-state index >= 15 is 0 Å². The van der Waals surface area contributed by atoms with Crippen LogP contribution in [0.25, 0.3) is 0 Å². The third kappa shape index (κ3) is 3.69. The zero-order valence-electron chi connectivity index (χ0n) is 11.1. The van der Waals surface area contributed by atoms with Crippen molar-refractivity contribution in [3.05, 3.63) is 34.9 Å². The van der Waals surface area contributed by atoms with Crippen LogP contribution >= 0.6 is 11.6 Å². The minimum Gasteiger partial charge on any atom is -0.387 e. The molecule has 104 valence electrons. The number of rotatable bonds is 3. The van der Waals surface area contributed by atoms with E-state index in [1.807, 2.05) is 23.1 Å². The lowest BCUT2D eigenvalue weighted by Crippen LogP contribution is -2.48. The Labute approximate surface area is 118 Å². The highest BCUT2D eigenvalue weighted by atomic mass is 35.5. The summed E-state index contributed by atoms with van der Waals surface area (Å²) in [6.07, 6.45) is -0.586. The number of piperazine rings is 1. The molecule has 1 fully saturated rings. The van der Waals surface area contributed by atoms with Crippen molar-refractivity contribution in [2.75, 3.05) is 32.7 Å². The summed E-state index contributed by atoms with van der Waals surface area (Å²) < 4.78 is 0. The molecule has 0 radical (unpaired) electrons. The van der Waals surface area contributed by atoms with Gasteiger partial charge in [0.2, 0.25) is 5.91 Å². The molecule has 1 aliphatic heterocycles. The summed E-state index contributed by atoms with van der Waals surface area (Å²) in [4.78, 5) is 15.2. The molecule has 1 saturated heterocycles. The molecule has 1 N–H and O–H groups in total. The van der Waals surface area contributed by atoms with Crippen LogP contribution in [0.3, 0.4) is 0 Å². The largest absolute Gasteiger partial charge is 0.387 e. The summed E-state index contributed by atoms with van der Waals surface area (Å²) in [5.41, 5.74) is 0.762. The van der Waals surface area contributed by atoms with Gasteiger partial charge in [0, 0.05) is 50.2 Å². The molecule has 1 aliphatic rings. The predicted octanol–water partition coefficient (Wildman–Crippen LogP) is 1.54. The number of aliphatic hydroxyl groups excluding tert-OH is 1. The molecule has 1 aromatic rings. The zero-order valence-corrected chi connectivity index (χ0v) is 11.8. The van der Waals surface area contributed by atoms with E-state index in [0.717, 1.165) is 31.7 Å². The van der Waals surface area contributed by atoms with E-state index in [4.69, 9.17) is 11.6 Å². The maximum Gasteiger partial charge on any atom is 0.219 e. The van der Waals surface area contributed by atoms with Gasteiger partial charge in [-0.15, -0.1) is 0 Å². The van der Waals surface area contributed by atoms with Crippen LogP contribution in [0, 0.1) is 0 Å². The first kappa shape index (κ1) is 14.3. The average Bonchev–Trinajstić information content (AvgIpc) is 2.39. The summed E-state index contributed by atoms with van der Waals surface area (Å²) >= 11 is 6.07. The number of benzene rings is 1. The molecule has 0 aliphatic carbocycles. The van der Waals surface area contributed by atoms with Crippen LogP contribution in [0.1, 0.15) is 18.6 Å². The normalized spacial score (nSPS) is 18.4. The molecular weight excluding hydrogens is 264 g/mol. The Morgan fingerprint density at radius 3 is 2.53 bits per heavy atom. The fourth-order valence-corrected chi connectivity index (χ4v) is 2.60. The minimum atomic E-state index is -0.586. The second kappa shape index (κ2) is 6.37. The third-order valence-electron chi connectivity index (χ3n) is 3.51. The summed E-state index contributed by atoms with van der Waals surface area (Å²) in [6, 6.07) is 7.36. The second-order valence-electron chi connectivity index (χ2n) is 4.84. The Bertz CT molecular complexity index is 445. The van der Waals surface area contributed by atoms with Crippen molar-refractivity contribution < 1.29 is 9.90 Å². The van der Waals surface area contributed by atoms with Crippen LogP contribution in [0.5, 0.6) is 0 Å². The molecule has 2 rings (SSSR count). The lowest BCUT2D eigenvalue weighted by atomic mass is 10.1. The monoisotopic (exact) mass is 282 g/mol. The lowest BCUT2D eigenvalue weighted by molar-refractivity contribution is -0.130. The quantitative estimate of drug-likeness (QED) is 0.915. The Hall–Kier alpha value is -1.10. The highest BCUT2D eigenvalue weighted by molar-refractivity contribution is 6.31. The first-order valence-corrected chi connectivity index (χ1v) is 6.86. The maximum absolute atomic E-state index is 11.2. The van der Waals surface area contributed by atoms with Crippen LogP contribution in [-0.4, -0.2) is 53.5 Å². The van der Waals surface area contributed by atoms with E-state index in [9.17, 15) is 9.90 Å². The molecule has 0 saturated carbocycles. The second-order valence-corrected chi connectivity index (χ2v) is 5.25. The zero-order chi connectivity index (χ0) is 13.8. The van der Waals surface area contributed by atoms with Gasteiger partial charge in [-0.1, -0.05) is 29.8 Å². The number of hydrogen-bond donors (Lipinski definition) is 1. The standard InChI is InChI=1S/C14H19ClN2O2/c1-11(18)17-8-6-16(7-9-17)10-14(19)12-4-2-3-5-13(12)15/h2-5,14,19H,6-10H2,1H3/t14-/m0/s1. The molecule has 1 aromatic carbocycles. The Balaban J connectivity index is 1.89. The molecule has 5 heteroatoms. The van der Waals surface area contributed by atoms with Crippen LogP contribution in [0.2, 0.25) is 5.02 Å². The molecule has 1 amide bonds. The summed E-state index contributed by atoms with van der Waals surface area (Å²) in [6.45, 7) is 5.18. The van der Waals surface area contributed by atoms with Crippen LogP contribution in [0.4, 0.5) is 0 Å². The molecule has 19 heavy (non-hydrogen) atoms. The first-order valence-electron chi connectivity index (χ1n) is 6.48. The number of carbonyl (C=O) groups excluding carboxylic acids is 1. The van der Waals surface area contributed by atoms with Crippen molar-refractivity contribution in [2.24, 2.45) is 0 Å². The SMILES string of the molecule is CC(=O)N1CCN(C[C@H](O)c2ccccc2Cl)CC1. The minimum absolute atomic E-state index is 0.117. The van der Waals surface area contributed by atoms with Crippen LogP contribution < -0.4 is 0 Å². The van der Waals surface area contributed by atoms with Gasteiger partial charge < -0.3 is 10.0 Å². The van der Waals surface area contributed by atoms with Gasteiger partial charge in [-0.25, -0.2) is 0 Å². The highest BCUT2D eigenvalue weighted by Crippen LogP contribution is 2.23. The van der Waals surface area contributed by atoms with Gasteiger partial charge in [0.15, 0.2) is 0 Å². The number of amides is 1. The van der Waals surface area contributed by atoms with Crippen LogP contribution in [0.15, 0.2) is 24.3 Å². The lowest BCUT2D eigenvalue weighted by Gasteiger charge is -2.35. The number of hydrogen-bond acceptors (Lipinski definition) is 3. The van der Waals surface area contributed by atoms with Crippen molar-refractivity contribution in [1.29, 1.82) is 0 Å². The highest BCUT2D eigenvalue weighted by Gasteiger charge is 2.21. The van der Waals surface area contributed by atoms with Crippen molar-refractivity contribution in [3.8, 4) is 0 Å². The summed E-state index contributed by atoms with van der Waals surface area (Å²) in [7, 11) is 0. The molecule has 0 unspecified atom stereocenters. The number of β-amino-alcohol motifs (C(OH)–C–C–N with tert-alkyl or cyclic N) is 1. The van der Waals surface area contributed by atoms with E-state index in [2.05, 4.69) is 4.90 Å². The van der Waals surface area contributed by atoms with Gasteiger partial charge in [-0.2, -0.15) is 0 Å². The summed E-state index contributed by atoms with van der Waals surface area (Å²) in [5.74, 6) is 0.117. The number of nitrogens with zero attached hydrogens (tertiary/aromatic N) is 2. The maximum atomic E-state index is 11.2. The molecule has 0 bridgehead atoms. The van der Waals surface area contributed by atoms with Crippen molar-refractivity contribution in [1.82, 2.24) is 9.80 Å². The third-order valence-corrected chi connectivity index (χ3v) is 3.86. The smallest absolute Gasteiger partial charge is 0.219 e. The fraction of sp³-hybridized carbons (Fsp3) is 0.500. The van der Waals surface area contributed by atoms with Crippen LogP contribution in [-0.2, 0) is 4.79 Å². The van der Waals surface area contributed by atoms with Gasteiger partial charge in [0.1, 0.15) is 0 Å². The molecule has 1 atom stereocenters. The fourth-order valence-electron chi connectivity index (χ4n) is 2.33. The molecule has 4 nitrogen and oxygen atoms in total. The van der Waals surface area contributed by atoms with E-state index in [1.165, 1.54) is 0 Å². The van der Waals surface area contributed by atoms with Gasteiger partial charge in [0.25, 0.3) is 0 Å². The number of aliphatic hydroxyl groups is 1. The Kier molecular flexibility index (Phi) is 4.80. The topological polar surface area (TPSA) is 43.8 Å². The average molecular weight is 283 g/mol. The Morgan fingerprint density at radius 1 is 1.32 bits per heavy atom. The van der Waals surface area contributed by atoms with E-state index < -0.39 is 6.10 Å². The van der Waals surface area contributed by atoms with E-state index in [1.54, 1.807) is 13.0 Å². The van der Waals surface area contributed by atoms with E-state index in [0.29, 0.717) is 11.6 Å². The van der Waals surface area contributed by atoms with Gasteiger partial charge in [0.05, 0.1) is 6.10 Å². The number of halogens is 1. The van der Waals surface area contributed by atoms with Gasteiger partial charge in [-0.3, -0.25) is 9.69 Å². The Morgan fingerprint density at radius 2 is 1.95 bits per heavy atom. The molecular formula is C14H19ClN2O2. The predicted molar refractivity (Wildman–Crippen MR) is 75.1 cm³/mol. The molecule has 0 spiro atoms. The first-order chi connectivity index (χ1) is 9.08. The number of carbonyl (C=O) groups is 1. The molecule has 1 heterocycles. The van der Waals surface area contributed by atoms with Crippen molar-refractivity contribution in [2.45, 2.75) is 13.0 Å².